The van der Waals surface area contributed by atoms with Crippen molar-refractivity contribution in [1.29, 1.82) is 5.26 Å². The number of hydrogen-bond acceptors (Lipinski definition) is 11. The zero-order chi connectivity index (χ0) is 34.2. The van der Waals surface area contributed by atoms with Crippen molar-refractivity contribution in [2.24, 2.45) is 0 Å². The highest BCUT2D eigenvalue weighted by Gasteiger charge is 2.20. The molecule has 0 spiro atoms. The first-order valence-corrected chi connectivity index (χ1v) is 17.4. The van der Waals surface area contributed by atoms with Gasteiger partial charge in [0.1, 0.15) is 6.07 Å². The molecule has 0 bridgehead atoms. The molecular formula is C35H42ClN7O4S. The summed E-state index contributed by atoms with van der Waals surface area (Å²) in [5, 5.41) is 15.6. The Morgan fingerprint density at radius 2 is 1.88 bits per heavy atom. The maximum Gasteiger partial charge on any atom is 0.320 e. The standard InChI is InChI=1S/C35H42ClN7O4S/c1-6-43-24(4)23(3)39-35(43)48-32-10-9-26(17-28(32)36)40-34-25(20-37)21-38-29-19-31(30(45-5)18-27(29)34)47-16-8-11-41-12-14-42(15-13-41)22-33(44)46-7-2/h9-10,17-19,21H,6-8,11-16,22H2,1-5H3,(H,38,40). The van der Waals surface area contributed by atoms with E-state index in [9.17, 15) is 10.1 Å². The number of esters is 1. The summed E-state index contributed by atoms with van der Waals surface area (Å²) in [7, 11) is 1.60. The molecule has 254 valence electrons. The van der Waals surface area contributed by atoms with Crippen LogP contribution in [0.15, 0.2) is 46.6 Å². The van der Waals surface area contributed by atoms with Gasteiger partial charge in [0.2, 0.25) is 0 Å². The van der Waals surface area contributed by atoms with Gasteiger partial charge in [-0.25, -0.2) is 4.98 Å². The first-order chi connectivity index (χ1) is 23.2. The fraction of sp³-hybridized carbons (Fsp3) is 0.429. The largest absolute Gasteiger partial charge is 0.493 e. The second-order valence-corrected chi connectivity index (χ2v) is 12.9. The molecule has 0 aliphatic carbocycles. The van der Waals surface area contributed by atoms with Gasteiger partial charge in [-0.3, -0.25) is 14.7 Å². The number of methoxy groups -OCH3 is 1. The van der Waals surface area contributed by atoms with Gasteiger partial charge in [0.25, 0.3) is 0 Å². The van der Waals surface area contributed by atoms with Crippen molar-refractivity contribution in [3.8, 4) is 17.6 Å². The van der Waals surface area contributed by atoms with Gasteiger partial charge in [0, 0.05) is 73.2 Å². The summed E-state index contributed by atoms with van der Waals surface area (Å²) in [5.41, 5.74) is 4.56. The van der Waals surface area contributed by atoms with Crippen LogP contribution in [0.25, 0.3) is 10.9 Å². The summed E-state index contributed by atoms with van der Waals surface area (Å²) in [6.07, 6.45) is 2.39. The summed E-state index contributed by atoms with van der Waals surface area (Å²) in [5.74, 6) is 0.977. The third kappa shape index (κ3) is 8.33. The molecule has 0 atom stereocenters. The highest BCUT2D eigenvalue weighted by atomic mass is 35.5. The van der Waals surface area contributed by atoms with Gasteiger partial charge < -0.3 is 29.0 Å². The molecule has 5 rings (SSSR count). The Bertz CT molecular complexity index is 1800. The average Bonchev–Trinajstić information content (AvgIpc) is 3.35. The normalized spacial score (nSPS) is 13.8. The fourth-order valence-corrected chi connectivity index (χ4v) is 7.04. The number of hydrogen-bond donors (Lipinski definition) is 1. The van der Waals surface area contributed by atoms with E-state index < -0.39 is 0 Å². The van der Waals surface area contributed by atoms with Gasteiger partial charge in [-0.2, -0.15) is 5.26 Å². The summed E-state index contributed by atoms with van der Waals surface area (Å²) in [4.78, 5) is 26.4. The van der Waals surface area contributed by atoms with Gasteiger partial charge in [0.05, 0.1) is 54.4 Å². The van der Waals surface area contributed by atoms with Gasteiger partial charge in [-0.15, -0.1) is 0 Å². The van der Waals surface area contributed by atoms with Crippen LogP contribution in [0.5, 0.6) is 11.5 Å². The zero-order valence-corrected chi connectivity index (χ0v) is 29.7. The van der Waals surface area contributed by atoms with Crippen LogP contribution in [-0.2, 0) is 16.1 Å². The molecule has 11 nitrogen and oxygen atoms in total. The lowest BCUT2D eigenvalue weighted by atomic mass is 10.1. The zero-order valence-electron chi connectivity index (χ0n) is 28.1. The third-order valence-corrected chi connectivity index (χ3v) is 9.91. The number of ether oxygens (including phenoxy) is 3. The summed E-state index contributed by atoms with van der Waals surface area (Å²) >= 11 is 8.29. The molecule has 1 saturated heterocycles. The van der Waals surface area contributed by atoms with Crippen LogP contribution >= 0.6 is 23.4 Å². The first kappa shape index (κ1) is 35.3. The number of nitrogens with zero attached hydrogens (tertiary/aromatic N) is 6. The van der Waals surface area contributed by atoms with Crippen molar-refractivity contribution in [2.45, 2.75) is 50.7 Å². The molecule has 1 fully saturated rings. The van der Waals surface area contributed by atoms with E-state index in [-0.39, 0.29) is 5.97 Å². The van der Waals surface area contributed by atoms with Crippen LogP contribution in [0.4, 0.5) is 11.4 Å². The number of nitriles is 1. The number of imidazole rings is 1. The Kier molecular flexibility index (Phi) is 12.1. The molecule has 2 aromatic carbocycles. The number of aryl methyl sites for hydroxylation is 1. The molecule has 1 aliphatic heterocycles. The molecule has 0 radical (unpaired) electrons. The van der Waals surface area contributed by atoms with Crippen LogP contribution < -0.4 is 14.8 Å². The number of anilines is 2. The van der Waals surface area contributed by atoms with E-state index in [1.807, 2.05) is 44.2 Å². The predicted molar refractivity (Wildman–Crippen MR) is 189 cm³/mol. The van der Waals surface area contributed by atoms with Crippen LogP contribution in [0.2, 0.25) is 5.02 Å². The molecule has 0 amide bonds. The Balaban J connectivity index is 1.25. The van der Waals surface area contributed by atoms with Crippen molar-refractivity contribution >= 4 is 51.6 Å². The first-order valence-electron chi connectivity index (χ1n) is 16.2. The van der Waals surface area contributed by atoms with Crippen LogP contribution in [0.3, 0.4) is 0 Å². The van der Waals surface area contributed by atoms with E-state index in [1.165, 1.54) is 11.8 Å². The van der Waals surface area contributed by atoms with Gasteiger partial charge in [-0.05, 0) is 58.4 Å². The number of fused-ring (bicyclic) bond motifs is 1. The summed E-state index contributed by atoms with van der Waals surface area (Å²) in [6.45, 7) is 14.5. The van der Waals surface area contributed by atoms with E-state index in [1.54, 1.807) is 13.3 Å². The fourth-order valence-electron chi connectivity index (χ4n) is 5.70. The number of piperazine rings is 1. The number of pyridine rings is 1. The smallest absolute Gasteiger partial charge is 0.320 e. The van der Waals surface area contributed by atoms with E-state index in [0.717, 1.165) is 78.2 Å². The second-order valence-electron chi connectivity index (χ2n) is 11.5. The average molecular weight is 692 g/mol. The van der Waals surface area contributed by atoms with E-state index in [0.29, 0.717) is 53.0 Å². The van der Waals surface area contributed by atoms with Crippen molar-refractivity contribution in [2.75, 3.05) is 64.9 Å². The number of carbonyl (C=O) groups excluding carboxylic acids is 1. The quantitative estimate of drug-likeness (QED) is 0.116. The maximum atomic E-state index is 11.8. The van der Waals surface area contributed by atoms with Gasteiger partial charge >= 0.3 is 5.97 Å². The number of aromatic nitrogens is 3. The molecule has 48 heavy (non-hydrogen) atoms. The Morgan fingerprint density at radius 1 is 1.10 bits per heavy atom. The Labute approximate surface area is 291 Å². The number of rotatable bonds is 14. The molecule has 0 saturated carbocycles. The highest BCUT2D eigenvalue weighted by Crippen LogP contribution is 2.39. The maximum absolute atomic E-state index is 11.8. The lowest BCUT2D eigenvalue weighted by molar-refractivity contribution is -0.144. The lowest BCUT2D eigenvalue weighted by Gasteiger charge is -2.34. The van der Waals surface area contributed by atoms with Crippen molar-refractivity contribution in [3.05, 3.63) is 58.5 Å². The minimum Gasteiger partial charge on any atom is -0.493 e. The minimum atomic E-state index is -0.167. The van der Waals surface area contributed by atoms with E-state index in [4.69, 9.17) is 30.8 Å². The predicted octanol–water partition coefficient (Wildman–Crippen LogP) is 6.45. The summed E-state index contributed by atoms with van der Waals surface area (Å²) < 4.78 is 19.1. The minimum absolute atomic E-state index is 0.167. The highest BCUT2D eigenvalue weighted by molar-refractivity contribution is 7.99. The van der Waals surface area contributed by atoms with Gasteiger partial charge in [-0.1, -0.05) is 23.4 Å². The Morgan fingerprint density at radius 3 is 2.56 bits per heavy atom. The molecule has 13 heteroatoms. The molecule has 4 aromatic rings. The van der Waals surface area contributed by atoms with Gasteiger partial charge in [0.15, 0.2) is 16.7 Å². The number of nitrogens with one attached hydrogen (secondary N) is 1. The monoisotopic (exact) mass is 691 g/mol. The molecular weight excluding hydrogens is 650 g/mol. The SMILES string of the molecule is CCOC(=O)CN1CCN(CCCOc2cc3ncc(C#N)c(Nc4ccc(Sc5nc(C)c(C)n5CC)c(Cl)c4)c3cc2OC)CC1. The third-order valence-electron chi connectivity index (χ3n) is 8.41. The van der Waals surface area contributed by atoms with E-state index in [2.05, 4.69) is 44.6 Å². The lowest BCUT2D eigenvalue weighted by Crippen LogP contribution is -2.48. The molecule has 2 aromatic heterocycles. The van der Waals surface area contributed by atoms with Crippen molar-refractivity contribution in [1.82, 2.24) is 24.3 Å². The topological polar surface area (TPSA) is 118 Å². The Hall–Kier alpha value is -4.02. The van der Waals surface area contributed by atoms with Crippen LogP contribution in [0.1, 0.15) is 37.2 Å². The van der Waals surface area contributed by atoms with Crippen LogP contribution in [0, 0.1) is 25.2 Å². The van der Waals surface area contributed by atoms with Crippen molar-refractivity contribution in [3.63, 3.8) is 0 Å². The number of benzene rings is 2. The molecule has 3 heterocycles. The van der Waals surface area contributed by atoms with Crippen LogP contribution in [-0.4, -0.2) is 89.9 Å². The number of halogens is 1. The molecule has 0 unspecified atom stereocenters. The van der Waals surface area contributed by atoms with Crippen molar-refractivity contribution < 1.29 is 19.0 Å². The van der Waals surface area contributed by atoms with E-state index >= 15 is 0 Å². The second kappa shape index (κ2) is 16.4. The molecule has 1 aliphatic rings. The number of carbonyl (C=O) groups is 1. The summed E-state index contributed by atoms with van der Waals surface area (Å²) in [6, 6.07) is 11.7. The molecule has 1 N–H and O–H groups in total.